The summed E-state index contributed by atoms with van der Waals surface area (Å²) in [6.07, 6.45) is 1.15. The topological polar surface area (TPSA) is 40.6 Å². The van der Waals surface area contributed by atoms with Gasteiger partial charge in [-0.1, -0.05) is 74.0 Å². The van der Waals surface area contributed by atoms with Crippen LogP contribution < -0.4 is 0 Å². The minimum atomic E-state index is -0.191. The molecule has 2 atom stereocenters. The fourth-order valence-corrected chi connectivity index (χ4v) is 4.59. The first-order valence-corrected chi connectivity index (χ1v) is 10.4. The molecule has 0 N–H and O–H groups in total. The van der Waals surface area contributed by atoms with Crippen molar-refractivity contribution in [1.29, 1.82) is 0 Å². The summed E-state index contributed by atoms with van der Waals surface area (Å²) in [6.45, 7) is 8.39. The number of rotatable bonds is 4. The summed E-state index contributed by atoms with van der Waals surface area (Å²) in [5.74, 6) is 0.632. The summed E-state index contributed by atoms with van der Waals surface area (Å²) in [4.78, 5) is 30.5. The Labute approximate surface area is 172 Å². The molecule has 4 nitrogen and oxygen atoms in total. The molecule has 0 saturated carbocycles. The van der Waals surface area contributed by atoms with E-state index in [1.54, 1.807) is 0 Å². The predicted molar refractivity (Wildman–Crippen MR) is 115 cm³/mol. The number of amides is 2. The zero-order valence-electron chi connectivity index (χ0n) is 17.4. The van der Waals surface area contributed by atoms with E-state index in [4.69, 9.17) is 0 Å². The molecule has 4 rings (SSSR count). The number of aryl methyl sites for hydroxylation is 1. The van der Waals surface area contributed by atoms with Crippen molar-refractivity contribution in [2.75, 3.05) is 13.1 Å². The predicted octanol–water partition coefficient (Wildman–Crippen LogP) is 4.25. The van der Waals surface area contributed by atoms with Crippen LogP contribution in [0.15, 0.2) is 60.3 Å². The van der Waals surface area contributed by atoms with Crippen LogP contribution in [0.25, 0.3) is 5.57 Å². The maximum atomic E-state index is 13.5. The second-order valence-electron chi connectivity index (χ2n) is 8.62. The minimum absolute atomic E-state index is 0.171. The van der Waals surface area contributed by atoms with Crippen molar-refractivity contribution in [3.05, 3.63) is 77.0 Å². The van der Waals surface area contributed by atoms with Crippen LogP contribution in [0.3, 0.4) is 0 Å². The number of hydrogen-bond donors (Lipinski definition) is 0. The molecule has 1 saturated heterocycles. The average molecular weight is 389 g/mol. The van der Waals surface area contributed by atoms with Crippen LogP contribution in [0.2, 0.25) is 0 Å². The number of imide groups is 1. The van der Waals surface area contributed by atoms with Crippen molar-refractivity contribution in [3.63, 3.8) is 0 Å². The first-order chi connectivity index (χ1) is 13.9. The van der Waals surface area contributed by atoms with Gasteiger partial charge in [-0.2, -0.15) is 0 Å². The quantitative estimate of drug-likeness (QED) is 0.735. The van der Waals surface area contributed by atoms with Crippen LogP contribution in [-0.2, 0) is 16.1 Å². The number of likely N-dealkylation sites (tertiary alicyclic amines) is 1. The highest BCUT2D eigenvalue weighted by atomic mass is 16.2. The number of piperidine rings is 1. The molecule has 0 aliphatic carbocycles. The fourth-order valence-electron chi connectivity index (χ4n) is 4.59. The van der Waals surface area contributed by atoms with Crippen LogP contribution in [0, 0.1) is 18.8 Å². The van der Waals surface area contributed by atoms with Crippen molar-refractivity contribution < 1.29 is 9.59 Å². The molecule has 2 aliphatic rings. The van der Waals surface area contributed by atoms with Gasteiger partial charge < -0.3 is 4.90 Å². The third kappa shape index (κ3) is 3.84. The van der Waals surface area contributed by atoms with Crippen LogP contribution in [0.4, 0.5) is 0 Å². The molecule has 0 bridgehead atoms. The Kier molecular flexibility index (Phi) is 5.27. The molecule has 0 radical (unpaired) electrons. The van der Waals surface area contributed by atoms with Crippen LogP contribution in [0.1, 0.15) is 37.0 Å². The van der Waals surface area contributed by atoms with Gasteiger partial charge in [-0.15, -0.1) is 0 Å². The monoisotopic (exact) mass is 388 g/mol. The Morgan fingerprint density at radius 1 is 0.862 bits per heavy atom. The van der Waals surface area contributed by atoms with Crippen LogP contribution in [0.5, 0.6) is 0 Å². The molecule has 4 heteroatoms. The van der Waals surface area contributed by atoms with Gasteiger partial charge >= 0.3 is 0 Å². The summed E-state index contributed by atoms with van der Waals surface area (Å²) >= 11 is 0. The number of carbonyl (C=O) groups is 2. The molecule has 0 aromatic heterocycles. The highest BCUT2D eigenvalue weighted by Gasteiger charge is 2.42. The van der Waals surface area contributed by atoms with E-state index in [1.807, 2.05) is 61.5 Å². The second kappa shape index (κ2) is 7.86. The van der Waals surface area contributed by atoms with E-state index in [1.165, 1.54) is 4.90 Å². The lowest BCUT2D eigenvalue weighted by Crippen LogP contribution is -2.41. The molecule has 2 unspecified atom stereocenters. The summed E-state index contributed by atoms with van der Waals surface area (Å²) in [5, 5.41) is 0. The zero-order valence-corrected chi connectivity index (χ0v) is 17.4. The minimum Gasteiger partial charge on any atom is -0.366 e. The third-order valence-electron chi connectivity index (χ3n) is 5.85. The summed E-state index contributed by atoms with van der Waals surface area (Å²) in [7, 11) is 0. The van der Waals surface area contributed by atoms with E-state index < -0.39 is 0 Å². The van der Waals surface area contributed by atoms with Crippen molar-refractivity contribution in [1.82, 2.24) is 9.80 Å². The van der Waals surface area contributed by atoms with E-state index in [0.29, 0.717) is 29.7 Å². The Morgan fingerprint density at radius 2 is 1.48 bits per heavy atom. The van der Waals surface area contributed by atoms with Gasteiger partial charge in [0.1, 0.15) is 5.70 Å². The summed E-state index contributed by atoms with van der Waals surface area (Å²) in [6, 6.07) is 17.6. The lowest BCUT2D eigenvalue weighted by Gasteiger charge is -2.37. The zero-order chi connectivity index (χ0) is 20.5. The van der Waals surface area contributed by atoms with Crippen LogP contribution >= 0.6 is 0 Å². The lowest BCUT2D eigenvalue weighted by atomic mass is 9.91. The molecule has 2 aliphatic heterocycles. The highest BCUT2D eigenvalue weighted by Crippen LogP contribution is 2.35. The van der Waals surface area contributed by atoms with E-state index in [0.717, 1.165) is 36.2 Å². The van der Waals surface area contributed by atoms with Crippen molar-refractivity contribution in [2.24, 2.45) is 11.8 Å². The van der Waals surface area contributed by atoms with Gasteiger partial charge in [-0.3, -0.25) is 14.5 Å². The molecule has 1 fully saturated rings. The molecule has 2 aromatic rings. The fraction of sp³-hybridized carbons (Fsp3) is 0.360. The van der Waals surface area contributed by atoms with Gasteiger partial charge in [-0.25, -0.2) is 0 Å². The van der Waals surface area contributed by atoms with Crippen molar-refractivity contribution in [2.45, 2.75) is 33.7 Å². The van der Waals surface area contributed by atoms with Crippen molar-refractivity contribution in [3.8, 4) is 0 Å². The molecular formula is C25H28N2O2. The van der Waals surface area contributed by atoms with E-state index in [2.05, 4.69) is 18.7 Å². The second-order valence-corrected chi connectivity index (χ2v) is 8.62. The Balaban J connectivity index is 1.75. The maximum absolute atomic E-state index is 13.5. The Hall–Kier alpha value is -2.88. The van der Waals surface area contributed by atoms with Gasteiger partial charge in [0.25, 0.3) is 11.8 Å². The molecule has 0 spiro atoms. The SMILES string of the molecule is Cc1ccc(C2=C(N3CC(C)CC(C)C3)C(=O)N(Cc3ccccc3)C2=O)cc1. The van der Waals surface area contributed by atoms with Gasteiger partial charge in [0.2, 0.25) is 0 Å². The lowest BCUT2D eigenvalue weighted by molar-refractivity contribution is -0.138. The Morgan fingerprint density at radius 3 is 2.10 bits per heavy atom. The molecular weight excluding hydrogens is 360 g/mol. The molecule has 2 heterocycles. The molecule has 2 amide bonds. The van der Waals surface area contributed by atoms with Gasteiger partial charge in [0.05, 0.1) is 12.1 Å². The number of carbonyl (C=O) groups excluding carboxylic acids is 2. The first kappa shape index (κ1) is 19.4. The average Bonchev–Trinajstić information content (AvgIpc) is 2.93. The summed E-state index contributed by atoms with van der Waals surface area (Å²) < 4.78 is 0. The van der Waals surface area contributed by atoms with E-state index in [9.17, 15) is 9.59 Å². The molecule has 2 aromatic carbocycles. The highest BCUT2D eigenvalue weighted by molar-refractivity contribution is 6.35. The maximum Gasteiger partial charge on any atom is 0.278 e. The first-order valence-electron chi connectivity index (χ1n) is 10.4. The van der Waals surface area contributed by atoms with E-state index in [-0.39, 0.29) is 11.8 Å². The largest absolute Gasteiger partial charge is 0.366 e. The van der Waals surface area contributed by atoms with Crippen LogP contribution in [-0.4, -0.2) is 34.7 Å². The van der Waals surface area contributed by atoms with E-state index >= 15 is 0 Å². The van der Waals surface area contributed by atoms with Gasteiger partial charge in [0.15, 0.2) is 0 Å². The molecule has 29 heavy (non-hydrogen) atoms. The smallest absolute Gasteiger partial charge is 0.278 e. The number of nitrogens with zero attached hydrogens (tertiary/aromatic N) is 2. The third-order valence-corrected chi connectivity index (χ3v) is 5.85. The van der Waals surface area contributed by atoms with Gasteiger partial charge in [0, 0.05) is 13.1 Å². The summed E-state index contributed by atoms with van der Waals surface area (Å²) in [5.41, 5.74) is 4.04. The molecule has 150 valence electrons. The Bertz CT molecular complexity index is 937. The number of hydrogen-bond acceptors (Lipinski definition) is 3. The standard InChI is InChI=1S/C25H28N2O2/c1-17-9-11-21(12-10-17)22-23(26-14-18(2)13-19(3)15-26)25(29)27(24(22)28)16-20-7-5-4-6-8-20/h4-12,18-19H,13-16H2,1-3H3. The van der Waals surface area contributed by atoms with Crippen molar-refractivity contribution >= 4 is 17.4 Å². The normalized spacial score (nSPS) is 22.6. The van der Waals surface area contributed by atoms with Gasteiger partial charge in [-0.05, 0) is 36.3 Å². The number of benzene rings is 2.